The second-order valence-electron chi connectivity index (χ2n) is 10.1. The van der Waals surface area contributed by atoms with Crippen LogP contribution in [0.15, 0.2) is 65.8 Å². The third-order valence-electron chi connectivity index (χ3n) is 6.90. The number of hydrogen-bond donors (Lipinski definition) is 4. The summed E-state index contributed by atoms with van der Waals surface area (Å²) in [6.07, 6.45) is -0.109. The monoisotopic (exact) mass is 629 g/mol. The van der Waals surface area contributed by atoms with Gasteiger partial charge in [0.1, 0.15) is 0 Å². The minimum absolute atomic E-state index is 0.0675. The number of rotatable bonds is 10. The molecule has 0 saturated carbocycles. The SMILES string of the molecule is O=C(NCCCO)c1cccc(C(=O)Nc2ccc(N3CCCCC3)cc2C(=O)N/N=C\c2ccc(Cl)c(C(F)(F)F)c2)c1. The molecule has 13 heteroatoms. The molecule has 0 aliphatic carbocycles. The van der Waals surface area contributed by atoms with E-state index in [1.54, 1.807) is 30.3 Å². The van der Waals surface area contributed by atoms with Gasteiger partial charge < -0.3 is 20.6 Å². The molecule has 0 atom stereocenters. The Morgan fingerprint density at radius 3 is 2.36 bits per heavy atom. The molecule has 44 heavy (non-hydrogen) atoms. The van der Waals surface area contributed by atoms with Crippen molar-refractivity contribution < 1.29 is 32.7 Å². The van der Waals surface area contributed by atoms with E-state index in [4.69, 9.17) is 16.7 Å². The summed E-state index contributed by atoms with van der Waals surface area (Å²) >= 11 is 5.68. The number of hydrogen-bond acceptors (Lipinski definition) is 6. The first-order valence-electron chi connectivity index (χ1n) is 14.0. The van der Waals surface area contributed by atoms with Gasteiger partial charge in [0.05, 0.1) is 28.1 Å². The van der Waals surface area contributed by atoms with Crippen LogP contribution < -0.4 is 21.0 Å². The molecule has 9 nitrogen and oxygen atoms in total. The smallest absolute Gasteiger partial charge is 0.396 e. The summed E-state index contributed by atoms with van der Waals surface area (Å²) in [6.45, 7) is 1.81. The van der Waals surface area contributed by atoms with Crippen LogP contribution in [0.25, 0.3) is 0 Å². The summed E-state index contributed by atoms with van der Waals surface area (Å²) < 4.78 is 39.7. The van der Waals surface area contributed by atoms with Crippen molar-refractivity contribution in [2.24, 2.45) is 5.10 Å². The van der Waals surface area contributed by atoms with Gasteiger partial charge in [0.25, 0.3) is 17.7 Å². The van der Waals surface area contributed by atoms with Crippen LogP contribution in [0, 0.1) is 0 Å². The molecule has 1 aliphatic rings. The van der Waals surface area contributed by atoms with Gasteiger partial charge in [-0.25, -0.2) is 5.43 Å². The molecule has 3 amide bonds. The van der Waals surface area contributed by atoms with Crippen LogP contribution in [-0.2, 0) is 6.18 Å². The molecule has 1 fully saturated rings. The van der Waals surface area contributed by atoms with Crippen LogP contribution in [0.4, 0.5) is 24.5 Å². The first kappa shape index (κ1) is 32.5. The van der Waals surface area contributed by atoms with Gasteiger partial charge in [-0.3, -0.25) is 14.4 Å². The number of carbonyl (C=O) groups is 3. The van der Waals surface area contributed by atoms with Gasteiger partial charge >= 0.3 is 6.18 Å². The Hall–Kier alpha value is -4.42. The van der Waals surface area contributed by atoms with E-state index < -0.39 is 34.5 Å². The summed E-state index contributed by atoms with van der Waals surface area (Å²) in [5.41, 5.74) is 2.82. The molecule has 232 valence electrons. The summed E-state index contributed by atoms with van der Waals surface area (Å²) in [5, 5.41) is 17.7. The third kappa shape index (κ3) is 8.57. The Morgan fingerprint density at radius 2 is 1.66 bits per heavy atom. The highest BCUT2D eigenvalue weighted by Gasteiger charge is 2.33. The Kier molecular flexibility index (Phi) is 11.0. The van der Waals surface area contributed by atoms with Crippen molar-refractivity contribution in [2.75, 3.05) is 36.5 Å². The van der Waals surface area contributed by atoms with E-state index in [-0.39, 0.29) is 41.1 Å². The van der Waals surface area contributed by atoms with Crippen molar-refractivity contribution in [2.45, 2.75) is 31.9 Å². The van der Waals surface area contributed by atoms with Crippen LogP contribution in [0.5, 0.6) is 0 Å². The van der Waals surface area contributed by atoms with E-state index in [2.05, 4.69) is 26.1 Å². The van der Waals surface area contributed by atoms with E-state index in [9.17, 15) is 27.6 Å². The molecule has 1 heterocycles. The largest absolute Gasteiger partial charge is 0.417 e. The van der Waals surface area contributed by atoms with Crippen molar-refractivity contribution in [3.05, 3.63) is 93.5 Å². The number of nitrogens with zero attached hydrogens (tertiary/aromatic N) is 2. The van der Waals surface area contributed by atoms with E-state index >= 15 is 0 Å². The zero-order chi connectivity index (χ0) is 31.7. The fourth-order valence-electron chi connectivity index (χ4n) is 4.62. The number of halogens is 4. The number of aliphatic hydroxyl groups is 1. The van der Waals surface area contributed by atoms with Crippen molar-refractivity contribution >= 4 is 46.9 Å². The fourth-order valence-corrected chi connectivity index (χ4v) is 4.85. The van der Waals surface area contributed by atoms with Gasteiger partial charge in [-0.05, 0) is 79.8 Å². The lowest BCUT2D eigenvalue weighted by Gasteiger charge is -2.29. The highest BCUT2D eigenvalue weighted by molar-refractivity contribution is 6.31. The second-order valence-corrected chi connectivity index (χ2v) is 10.5. The van der Waals surface area contributed by atoms with E-state index in [0.29, 0.717) is 6.42 Å². The van der Waals surface area contributed by atoms with Crippen LogP contribution in [-0.4, -0.2) is 55.3 Å². The molecule has 3 aromatic carbocycles. The quantitative estimate of drug-likeness (QED) is 0.134. The van der Waals surface area contributed by atoms with Crippen LogP contribution >= 0.6 is 11.6 Å². The molecule has 0 radical (unpaired) electrons. The third-order valence-corrected chi connectivity index (χ3v) is 7.23. The zero-order valence-corrected chi connectivity index (χ0v) is 24.3. The number of alkyl halides is 3. The minimum Gasteiger partial charge on any atom is -0.396 e. The lowest BCUT2D eigenvalue weighted by atomic mass is 10.1. The van der Waals surface area contributed by atoms with Gasteiger partial charge in [0, 0.05) is 43.1 Å². The number of amides is 3. The number of benzene rings is 3. The highest BCUT2D eigenvalue weighted by Crippen LogP contribution is 2.35. The molecule has 3 aromatic rings. The predicted octanol–water partition coefficient (Wildman–Crippen LogP) is 5.48. The lowest BCUT2D eigenvalue weighted by Crippen LogP contribution is -2.30. The Bertz CT molecular complexity index is 1540. The molecule has 4 N–H and O–H groups in total. The molecule has 0 spiro atoms. The maximum absolute atomic E-state index is 13.3. The van der Waals surface area contributed by atoms with Gasteiger partial charge in [-0.15, -0.1) is 0 Å². The van der Waals surface area contributed by atoms with Gasteiger partial charge in [0.15, 0.2) is 0 Å². The summed E-state index contributed by atoms with van der Waals surface area (Å²) in [7, 11) is 0. The van der Waals surface area contributed by atoms with Crippen molar-refractivity contribution in [1.29, 1.82) is 0 Å². The van der Waals surface area contributed by atoms with Crippen LogP contribution in [0.1, 0.15) is 67.9 Å². The second kappa shape index (κ2) is 14.8. The summed E-state index contributed by atoms with van der Waals surface area (Å²) in [5.74, 6) is -1.67. The average molecular weight is 630 g/mol. The number of hydrazone groups is 1. The first-order valence-corrected chi connectivity index (χ1v) is 14.3. The molecule has 0 unspecified atom stereocenters. The van der Waals surface area contributed by atoms with E-state index in [1.807, 2.05) is 0 Å². The molecule has 0 aromatic heterocycles. The Balaban J connectivity index is 1.56. The minimum atomic E-state index is -4.66. The number of nitrogens with one attached hydrogen (secondary N) is 3. The maximum Gasteiger partial charge on any atom is 0.417 e. The maximum atomic E-state index is 13.3. The zero-order valence-electron chi connectivity index (χ0n) is 23.6. The Labute approximate surface area is 257 Å². The van der Waals surface area contributed by atoms with Crippen molar-refractivity contribution in [3.8, 4) is 0 Å². The predicted molar refractivity (Wildman–Crippen MR) is 162 cm³/mol. The number of carbonyl (C=O) groups excluding carboxylic acids is 3. The summed E-state index contributed by atoms with van der Waals surface area (Å²) in [6, 6.07) is 14.3. The number of piperidine rings is 1. The average Bonchev–Trinajstić information content (AvgIpc) is 3.02. The highest BCUT2D eigenvalue weighted by atomic mass is 35.5. The first-order chi connectivity index (χ1) is 21.1. The number of anilines is 2. The van der Waals surface area contributed by atoms with Gasteiger partial charge in [-0.1, -0.05) is 23.7 Å². The van der Waals surface area contributed by atoms with Crippen molar-refractivity contribution in [1.82, 2.24) is 10.7 Å². The van der Waals surface area contributed by atoms with Crippen LogP contribution in [0.2, 0.25) is 5.02 Å². The molecule has 4 rings (SSSR count). The van der Waals surface area contributed by atoms with Gasteiger partial charge in [0.2, 0.25) is 0 Å². The fraction of sp³-hybridized carbons (Fsp3) is 0.290. The normalized spacial score (nSPS) is 13.5. The number of aliphatic hydroxyl groups excluding tert-OH is 1. The molecular weight excluding hydrogens is 599 g/mol. The van der Waals surface area contributed by atoms with E-state index in [1.165, 1.54) is 18.2 Å². The molecule has 1 saturated heterocycles. The molecule has 0 bridgehead atoms. The van der Waals surface area contributed by atoms with E-state index in [0.717, 1.165) is 56.4 Å². The van der Waals surface area contributed by atoms with Crippen molar-refractivity contribution in [3.63, 3.8) is 0 Å². The van der Waals surface area contributed by atoms with Gasteiger partial charge in [-0.2, -0.15) is 18.3 Å². The lowest BCUT2D eigenvalue weighted by molar-refractivity contribution is -0.137. The summed E-state index contributed by atoms with van der Waals surface area (Å²) in [4.78, 5) is 41.0. The Morgan fingerprint density at radius 1 is 0.932 bits per heavy atom. The molecular formula is C31H31ClF3N5O4. The molecule has 1 aliphatic heterocycles. The standard InChI is InChI=1S/C31H31ClF3N5O4/c32-26-10-8-20(16-25(26)31(33,34)35)19-37-39-30(44)24-18-23(40-13-2-1-3-14-40)9-11-27(24)38-29(43)22-7-4-6-21(17-22)28(42)36-12-5-15-41/h4,6-11,16-19,41H,1-3,5,12-15H2,(H,36,42)(H,38,43)(H,39,44)/b37-19-. The topological polar surface area (TPSA) is 123 Å². The van der Waals surface area contributed by atoms with Crippen LogP contribution in [0.3, 0.4) is 0 Å².